The fourth-order valence-corrected chi connectivity index (χ4v) is 5.80. The normalized spacial score (nSPS) is 19.5. The summed E-state index contributed by atoms with van der Waals surface area (Å²) < 4.78 is 27.5. The Kier molecular flexibility index (Phi) is 6.11. The Morgan fingerprint density at radius 3 is 2.48 bits per heavy atom. The molecular formula is C23H27N3O4S. The number of rotatable bonds is 4. The number of fused-ring (bicyclic) bond motifs is 1. The highest BCUT2D eigenvalue weighted by Crippen LogP contribution is 2.30. The van der Waals surface area contributed by atoms with Crippen LogP contribution in [0, 0.1) is 0 Å². The predicted molar refractivity (Wildman–Crippen MR) is 117 cm³/mol. The van der Waals surface area contributed by atoms with E-state index in [-0.39, 0.29) is 35.8 Å². The molecule has 31 heavy (non-hydrogen) atoms. The van der Waals surface area contributed by atoms with Crippen molar-refractivity contribution < 1.29 is 18.0 Å². The fourth-order valence-electron chi connectivity index (χ4n) is 4.34. The zero-order chi connectivity index (χ0) is 22.0. The highest BCUT2D eigenvalue weighted by Gasteiger charge is 2.30. The van der Waals surface area contributed by atoms with E-state index in [1.807, 2.05) is 18.2 Å². The van der Waals surface area contributed by atoms with Crippen molar-refractivity contribution in [1.82, 2.24) is 14.5 Å². The maximum absolute atomic E-state index is 13.1. The van der Waals surface area contributed by atoms with Crippen LogP contribution in [0.2, 0.25) is 0 Å². The zero-order valence-electron chi connectivity index (χ0n) is 17.6. The van der Waals surface area contributed by atoms with E-state index in [9.17, 15) is 18.0 Å². The SMILES string of the molecule is CC(=O)N1CCN(S(=O)(=O)c2cccc(C(=O)N[C@@H]3CCCc4ccccc43)c2)CC1. The van der Waals surface area contributed by atoms with E-state index < -0.39 is 10.0 Å². The Labute approximate surface area is 183 Å². The molecule has 1 saturated heterocycles. The minimum atomic E-state index is -3.73. The highest BCUT2D eigenvalue weighted by molar-refractivity contribution is 7.89. The number of sulfonamides is 1. The Hall–Kier alpha value is -2.71. The van der Waals surface area contributed by atoms with Crippen molar-refractivity contribution in [1.29, 1.82) is 0 Å². The molecule has 0 aromatic heterocycles. The molecule has 8 heteroatoms. The molecule has 7 nitrogen and oxygen atoms in total. The van der Waals surface area contributed by atoms with Crippen molar-refractivity contribution in [2.24, 2.45) is 0 Å². The Morgan fingerprint density at radius 2 is 1.74 bits per heavy atom. The average Bonchev–Trinajstić information content (AvgIpc) is 2.79. The van der Waals surface area contributed by atoms with Crippen molar-refractivity contribution in [3.05, 3.63) is 65.2 Å². The van der Waals surface area contributed by atoms with Crippen LogP contribution in [-0.4, -0.2) is 55.6 Å². The van der Waals surface area contributed by atoms with E-state index in [1.54, 1.807) is 17.0 Å². The molecule has 4 rings (SSSR count). The van der Waals surface area contributed by atoms with Crippen molar-refractivity contribution in [3.63, 3.8) is 0 Å². The summed E-state index contributed by atoms with van der Waals surface area (Å²) in [7, 11) is -3.73. The number of hydrogen-bond donors (Lipinski definition) is 1. The van der Waals surface area contributed by atoms with Crippen molar-refractivity contribution in [2.75, 3.05) is 26.2 Å². The minimum Gasteiger partial charge on any atom is -0.345 e. The summed E-state index contributed by atoms with van der Waals surface area (Å²) in [6.45, 7) is 2.72. The predicted octanol–water partition coefficient (Wildman–Crippen LogP) is 2.35. The van der Waals surface area contributed by atoms with Gasteiger partial charge in [0.05, 0.1) is 10.9 Å². The van der Waals surface area contributed by atoms with Gasteiger partial charge < -0.3 is 10.2 Å². The van der Waals surface area contributed by atoms with Crippen molar-refractivity contribution in [2.45, 2.75) is 37.1 Å². The summed E-state index contributed by atoms with van der Waals surface area (Å²) in [5.74, 6) is -0.333. The lowest BCUT2D eigenvalue weighted by Gasteiger charge is -2.33. The molecule has 1 fully saturated rings. The molecule has 1 atom stereocenters. The van der Waals surface area contributed by atoms with Gasteiger partial charge in [0.2, 0.25) is 15.9 Å². The number of piperazine rings is 1. The minimum absolute atomic E-state index is 0.0556. The monoisotopic (exact) mass is 441 g/mol. The van der Waals surface area contributed by atoms with Gasteiger partial charge in [-0.25, -0.2) is 8.42 Å². The summed E-state index contributed by atoms with van der Waals surface area (Å²) >= 11 is 0. The van der Waals surface area contributed by atoms with Gasteiger partial charge in [-0.2, -0.15) is 4.31 Å². The zero-order valence-corrected chi connectivity index (χ0v) is 18.4. The second-order valence-corrected chi connectivity index (χ2v) is 9.99. The van der Waals surface area contributed by atoms with E-state index in [2.05, 4.69) is 11.4 Å². The van der Waals surface area contributed by atoms with Crippen LogP contribution in [-0.2, 0) is 21.2 Å². The van der Waals surface area contributed by atoms with Gasteiger partial charge in [-0.1, -0.05) is 30.3 Å². The third kappa shape index (κ3) is 4.50. The van der Waals surface area contributed by atoms with Gasteiger partial charge in [0.15, 0.2) is 0 Å². The van der Waals surface area contributed by atoms with E-state index in [0.29, 0.717) is 18.7 Å². The fraction of sp³-hybridized carbons (Fsp3) is 0.391. The van der Waals surface area contributed by atoms with Gasteiger partial charge in [0.1, 0.15) is 0 Å². The molecule has 1 heterocycles. The maximum Gasteiger partial charge on any atom is 0.251 e. The molecule has 2 aromatic rings. The lowest BCUT2D eigenvalue weighted by molar-refractivity contribution is -0.129. The number of nitrogens with zero attached hydrogens (tertiary/aromatic N) is 2. The largest absolute Gasteiger partial charge is 0.345 e. The third-order valence-corrected chi connectivity index (χ3v) is 7.99. The van der Waals surface area contributed by atoms with Crippen LogP contribution in [0.1, 0.15) is 47.3 Å². The van der Waals surface area contributed by atoms with Gasteiger partial charge >= 0.3 is 0 Å². The van der Waals surface area contributed by atoms with Gasteiger partial charge in [-0.05, 0) is 48.6 Å². The first-order valence-electron chi connectivity index (χ1n) is 10.6. The number of aryl methyl sites for hydroxylation is 1. The van der Waals surface area contributed by atoms with Crippen LogP contribution in [0.5, 0.6) is 0 Å². The topological polar surface area (TPSA) is 86.8 Å². The van der Waals surface area contributed by atoms with E-state index in [4.69, 9.17) is 0 Å². The van der Waals surface area contributed by atoms with E-state index >= 15 is 0 Å². The molecule has 164 valence electrons. The first kappa shape index (κ1) is 21.5. The number of hydrogen-bond acceptors (Lipinski definition) is 4. The summed E-state index contributed by atoms with van der Waals surface area (Å²) in [5.41, 5.74) is 2.71. The molecule has 2 aliphatic rings. The summed E-state index contributed by atoms with van der Waals surface area (Å²) in [6.07, 6.45) is 2.87. The van der Waals surface area contributed by atoms with Crippen molar-refractivity contribution >= 4 is 21.8 Å². The molecular weight excluding hydrogens is 414 g/mol. The average molecular weight is 442 g/mol. The molecule has 0 radical (unpaired) electrons. The first-order chi connectivity index (χ1) is 14.9. The summed E-state index contributed by atoms with van der Waals surface area (Å²) in [6, 6.07) is 14.2. The number of benzene rings is 2. The Balaban J connectivity index is 1.50. The van der Waals surface area contributed by atoms with Crippen molar-refractivity contribution in [3.8, 4) is 0 Å². The second kappa shape index (κ2) is 8.80. The Bertz CT molecular complexity index is 1090. The molecule has 0 spiro atoms. The van der Waals surface area contributed by atoms with Crippen LogP contribution in [0.25, 0.3) is 0 Å². The quantitative estimate of drug-likeness (QED) is 0.789. The van der Waals surface area contributed by atoms with Crippen LogP contribution in [0.15, 0.2) is 53.4 Å². The number of nitrogens with one attached hydrogen (secondary N) is 1. The van der Waals surface area contributed by atoms with Gasteiger partial charge in [-0.3, -0.25) is 9.59 Å². The first-order valence-corrected chi connectivity index (χ1v) is 12.0. The number of carbonyl (C=O) groups excluding carboxylic acids is 2. The number of amides is 2. The standard InChI is InChI=1S/C23H27N3O4S/c1-17(27)25-12-14-26(15-13-25)31(29,30)20-9-4-8-19(16-20)23(28)24-22-11-5-7-18-6-2-3-10-21(18)22/h2-4,6,8-10,16,22H,5,7,11-15H2,1H3,(H,24,28)/t22-/m1/s1. The summed E-state index contributed by atoms with van der Waals surface area (Å²) in [4.78, 5) is 26.2. The highest BCUT2D eigenvalue weighted by atomic mass is 32.2. The molecule has 0 unspecified atom stereocenters. The maximum atomic E-state index is 13.1. The van der Waals surface area contributed by atoms with E-state index in [1.165, 1.54) is 28.9 Å². The second-order valence-electron chi connectivity index (χ2n) is 8.06. The molecule has 0 bridgehead atoms. The molecule has 2 aromatic carbocycles. The van der Waals surface area contributed by atoms with Gasteiger partial charge in [-0.15, -0.1) is 0 Å². The lowest BCUT2D eigenvalue weighted by atomic mass is 9.87. The Morgan fingerprint density at radius 1 is 1.00 bits per heavy atom. The molecule has 0 saturated carbocycles. The third-order valence-electron chi connectivity index (χ3n) is 6.09. The molecule has 1 N–H and O–H groups in total. The summed E-state index contributed by atoms with van der Waals surface area (Å²) in [5, 5.41) is 3.08. The van der Waals surface area contributed by atoms with Crippen LogP contribution < -0.4 is 5.32 Å². The number of carbonyl (C=O) groups is 2. The lowest BCUT2D eigenvalue weighted by Crippen LogP contribution is -2.49. The molecule has 2 amide bonds. The van der Waals surface area contributed by atoms with Gasteiger partial charge in [0.25, 0.3) is 5.91 Å². The van der Waals surface area contributed by atoms with Crippen LogP contribution >= 0.6 is 0 Å². The molecule has 1 aliphatic heterocycles. The van der Waals surface area contributed by atoms with Crippen LogP contribution in [0.4, 0.5) is 0 Å². The molecule has 1 aliphatic carbocycles. The smallest absolute Gasteiger partial charge is 0.251 e. The van der Waals surface area contributed by atoms with Crippen LogP contribution in [0.3, 0.4) is 0 Å². The van der Waals surface area contributed by atoms with E-state index in [0.717, 1.165) is 24.8 Å². The van der Waals surface area contributed by atoms with Gasteiger partial charge in [0, 0.05) is 38.7 Å².